The van der Waals surface area contributed by atoms with Gasteiger partial charge in [0, 0.05) is 37.6 Å². The van der Waals surface area contributed by atoms with Gasteiger partial charge in [-0.1, -0.05) is 26.0 Å². The van der Waals surface area contributed by atoms with E-state index in [1.54, 1.807) is 0 Å². The second kappa shape index (κ2) is 9.50. The molecular formula is C28H36N2O4. The number of hydrogen-bond acceptors (Lipinski definition) is 6. The Labute approximate surface area is 202 Å². The van der Waals surface area contributed by atoms with Crippen LogP contribution in [-0.2, 0) is 31.8 Å². The minimum absolute atomic E-state index is 0.368. The van der Waals surface area contributed by atoms with E-state index in [0.717, 1.165) is 65.4 Å². The highest BCUT2D eigenvalue weighted by Crippen LogP contribution is 2.35. The molecule has 4 fully saturated rings. The summed E-state index contributed by atoms with van der Waals surface area (Å²) in [5.74, 6) is 0. The first-order chi connectivity index (χ1) is 16.7. The van der Waals surface area contributed by atoms with Crippen LogP contribution in [0.4, 0.5) is 11.4 Å². The largest absolute Gasteiger partial charge is 0.371 e. The Morgan fingerprint density at radius 2 is 0.912 bits per heavy atom. The van der Waals surface area contributed by atoms with Crippen LogP contribution in [0.5, 0.6) is 0 Å². The quantitative estimate of drug-likeness (QED) is 0.422. The molecule has 4 aliphatic heterocycles. The molecule has 0 saturated carbocycles. The zero-order chi connectivity index (χ0) is 23.1. The minimum Gasteiger partial charge on any atom is -0.371 e. The summed E-state index contributed by atoms with van der Waals surface area (Å²) in [6.45, 7) is 11.8. The van der Waals surface area contributed by atoms with Crippen molar-refractivity contribution in [3.63, 3.8) is 0 Å². The van der Waals surface area contributed by atoms with Crippen LogP contribution in [-0.4, -0.2) is 77.0 Å². The third kappa shape index (κ3) is 5.41. The molecule has 2 aromatic rings. The van der Waals surface area contributed by atoms with Crippen molar-refractivity contribution < 1.29 is 18.9 Å². The first-order valence-electron chi connectivity index (χ1n) is 12.9. The SMILES string of the molecule is CCc1cc(N(CC2CO2)CC2CO2)ccc1-c1ccc(N(CC2CO2)CC2CO2)cc1CC. The Hall–Kier alpha value is -2.12. The highest BCUT2D eigenvalue weighted by atomic mass is 16.6. The van der Waals surface area contributed by atoms with Crippen molar-refractivity contribution in [3.8, 4) is 11.1 Å². The van der Waals surface area contributed by atoms with E-state index in [1.807, 2.05) is 0 Å². The lowest BCUT2D eigenvalue weighted by molar-refractivity contribution is 0.388. The zero-order valence-electron chi connectivity index (χ0n) is 20.4. The predicted octanol–water partition coefficient (Wildman–Crippen LogP) is 3.69. The summed E-state index contributed by atoms with van der Waals surface area (Å²) in [7, 11) is 0. The lowest BCUT2D eigenvalue weighted by atomic mass is 9.92. The average Bonchev–Trinajstić information content (AvgIpc) is 3.70. The molecule has 6 rings (SSSR count). The molecule has 4 unspecified atom stereocenters. The molecule has 182 valence electrons. The van der Waals surface area contributed by atoms with Gasteiger partial charge in [0.2, 0.25) is 0 Å². The van der Waals surface area contributed by atoms with Gasteiger partial charge < -0.3 is 28.7 Å². The van der Waals surface area contributed by atoms with Crippen molar-refractivity contribution in [1.82, 2.24) is 0 Å². The van der Waals surface area contributed by atoms with E-state index >= 15 is 0 Å². The van der Waals surface area contributed by atoms with E-state index in [9.17, 15) is 0 Å². The third-order valence-corrected chi connectivity index (χ3v) is 7.27. The third-order valence-electron chi connectivity index (χ3n) is 7.27. The molecule has 0 spiro atoms. The fourth-order valence-corrected chi connectivity index (χ4v) is 4.91. The van der Waals surface area contributed by atoms with Crippen LogP contribution in [0.15, 0.2) is 36.4 Å². The molecule has 0 aromatic heterocycles. The minimum atomic E-state index is 0.368. The summed E-state index contributed by atoms with van der Waals surface area (Å²) in [4.78, 5) is 4.89. The Bertz CT molecular complexity index is 902. The number of aryl methyl sites for hydroxylation is 2. The fraction of sp³-hybridized carbons (Fsp3) is 0.571. The molecule has 4 saturated heterocycles. The normalized spacial score (nSPS) is 26.3. The van der Waals surface area contributed by atoms with Gasteiger partial charge in [0.25, 0.3) is 0 Å². The Kier molecular flexibility index (Phi) is 6.24. The van der Waals surface area contributed by atoms with Gasteiger partial charge in [-0.15, -0.1) is 0 Å². The Morgan fingerprint density at radius 3 is 1.18 bits per heavy atom. The maximum atomic E-state index is 5.53. The predicted molar refractivity (Wildman–Crippen MR) is 134 cm³/mol. The summed E-state index contributed by atoms with van der Waals surface area (Å²) in [6, 6.07) is 14.0. The number of rotatable bonds is 13. The summed E-state index contributed by atoms with van der Waals surface area (Å²) in [5.41, 5.74) is 8.05. The molecule has 0 aliphatic carbocycles. The van der Waals surface area contributed by atoms with Gasteiger partial charge in [0.1, 0.15) is 0 Å². The lowest BCUT2D eigenvalue weighted by Gasteiger charge is -2.26. The van der Waals surface area contributed by atoms with Crippen molar-refractivity contribution in [1.29, 1.82) is 0 Å². The van der Waals surface area contributed by atoms with E-state index in [2.05, 4.69) is 60.0 Å². The maximum Gasteiger partial charge on any atom is 0.0984 e. The summed E-state index contributed by atoms with van der Waals surface area (Å²) in [5, 5.41) is 0. The van der Waals surface area contributed by atoms with Gasteiger partial charge in [-0.25, -0.2) is 0 Å². The monoisotopic (exact) mass is 464 g/mol. The van der Waals surface area contributed by atoms with Gasteiger partial charge in [-0.3, -0.25) is 0 Å². The van der Waals surface area contributed by atoms with Crippen LogP contribution < -0.4 is 9.80 Å². The Balaban J connectivity index is 1.27. The number of anilines is 2. The van der Waals surface area contributed by atoms with Crippen molar-refractivity contribution >= 4 is 11.4 Å². The molecule has 6 heteroatoms. The van der Waals surface area contributed by atoms with Crippen molar-refractivity contribution in [2.24, 2.45) is 0 Å². The summed E-state index contributed by atoms with van der Waals surface area (Å²) in [6.07, 6.45) is 3.48. The highest BCUT2D eigenvalue weighted by Gasteiger charge is 2.32. The van der Waals surface area contributed by atoms with Crippen LogP contribution in [0.1, 0.15) is 25.0 Å². The van der Waals surface area contributed by atoms with Crippen LogP contribution >= 0.6 is 0 Å². The van der Waals surface area contributed by atoms with Gasteiger partial charge in [0.05, 0.1) is 50.8 Å². The molecule has 0 bridgehead atoms. The van der Waals surface area contributed by atoms with E-state index in [1.165, 1.54) is 33.6 Å². The smallest absolute Gasteiger partial charge is 0.0984 e. The number of nitrogens with zero attached hydrogens (tertiary/aromatic N) is 2. The number of hydrogen-bond donors (Lipinski definition) is 0. The lowest BCUT2D eigenvalue weighted by Crippen LogP contribution is -2.31. The number of ether oxygens (including phenoxy) is 4. The second-order valence-corrected chi connectivity index (χ2v) is 10.0. The van der Waals surface area contributed by atoms with Crippen LogP contribution in [0, 0.1) is 0 Å². The zero-order valence-corrected chi connectivity index (χ0v) is 20.4. The highest BCUT2D eigenvalue weighted by molar-refractivity contribution is 5.75. The molecule has 4 atom stereocenters. The standard InChI is InChI=1S/C28H36N2O4/c1-3-19-9-21(29(11-23-15-31-23)12-24-16-32-24)5-7-27(19)28-8-6-22(10-20(28)4-2)30(13-25-17-33-25)14-26-18-34-26/h5-10,23-26H,3-4,11-18H2,1-2H3. The number of benzene rings is 2. The topological polar surface area (TPSA) is 56.6 Å². The molecule has 2 aromatic carbocycles. The molecule has 4 heterocycles. The van der Waals surface area contributed by atoms with Gasteiger partial charge >= 0.3 is 0 Å². The van der Waals surface area contributed by atoms with E-state index < -0.39 is 0 Å². The van der Waals surface area contributed by atoms with Gasteiger partial charge in [0.15, 0.2) is 0 Å². The van der Waals surface area contributed by atoms with Crippen LogP contribution in [0.25, 0.3) is 11.1 Å². The van der Waals surface area contributed by atoms with Crippen molar-refractivity contribution in [2.75, 3.05) is 62.4 Å². The fourth-order valence-electron chi connectivity index (χ4n) is 4.91. The van der Waals surface area contributed by atoms with Crippen molar-refractivity contribution in [3.05, 3.63) is 47.5 Å². The first kappa shape index (κ1) is 22.4. The maximum absolute atomic E-state index is 5.53. The van der Waals surface area contributed by atoms with Gasteiger partial charge in [-0.2, -0.15) is 0 Å². The average molecular weight is 465 g/mol. The van der Waals surface area contributed by atoms with Crippen LogP contribution in [0.3, 0.4) is 0 Å². The molecule has 34 heavy (non-hydrogen) atoms. The Morgan fingerprint density at radius 1 is 0.588 bits per heavy atom. The van der Waals surface area contributed by atoms with Crippen molar-refractivity contribution in [2.45, 2.75) is 51.1 Å². The second-order valence-electron chi connectivity index (χ2n) is 10.0. The summed E-state index contributed by atoms with van der Waals surface area (Å²) < 4.78 is 22.1. The molecule has 6 nitrogen and oxygen atoms in total. The molecule has 4 aliphatic rings. The van der Waals surface area contributed by atoms with Crippen LogP contribution in [0.2, 0.25) is 0 Å². The van der Waals surface area contributed by atoms with E-state index in [-0.39, 0.29) is 0 Å². The first-order valence-corrected chi connectivity index (χ1v) is 12.9. The number of epoxide rings is 4. The summed E-state index contributed by atoms with van der Waals surface area (Å²) >= 11 is 0. The molecule has 0 radical (unpaired) electrons. The molecule has 0 amide bonds. The van der Waals surface area contributed by atoms with Gasteiger partial charge in [-0.05, 0) is 59.4 Å². The molecule has 0 N–H and O–H groups in total. The molecular weight excluding hydrogens is 428 g/mol. The van der Waals surface area contributed by atoms with E-state index in [0.29, 0.717) is 24.4 Å². The van der Waals surface area contributed by atoms with E-state index in [4.69, 9.17) is 18.9 Å².